The van der Waals surface area contributed by atoms with Gasteiger partial charge in [0.25, 0.3) is 5.91 Å². The number of aromatic nitrogens is 3. The third kappa shape index (κ3) is 5.54. The van der Waals surface area contributed by atoms with E-state index in [4.69, 9.17) is 26.1 Å². The molecule has 2 aromatic carbocycles. The fourth-order valence-electron chi connectivity index (χ4n) is 4.76. The van der Waals surface area contributed by atoms with Crippen molar-refractivity contribution in [2.24, 2.45) is 0 Å². The maximum absolute atomic E-state index is 11.5. The Morgan fingerprint density at radius 1 is 1.24 bits per heavy atom. The number of ether oxygens (including phenoxy) is 2. The smallest absolute Gasteiger partial charge is 0.257 e. The van der Waals surface area contributed by atoms with Crippen LogP contribution in [-0.2, 0) is 11.3 Å². The lowest BCUT2D eigenvalue weighted by Gasteiger charge is -2.19. The molecule has 1 aliphatic rings. The molecule has 198 valence electrons. The first-order valence-electron chi connectivity index (χ1n) is 12.5. The first-order valence-corrected chi connectivity index (χ1v) is 12.9. The molecule has 3 N–H and O–H groups in total. The van der Waals surface area contributed by atoms with Gasteiger partial charge < -0.3 is 25.1 Å². The van der Waals surface area contributed by atoms with E-state index in [1.165, 1.54) is 5.56 Å². The fraction of sp³-hybridized carbons (Fsp3) is 0.321. The maximum Gasteiger partial charge on any atom is 0.257 e. The summed E-state index contributed by atoms with van der Waals surface area (Å²) in [5, 5.41) is 6.74. The van der Waals surface area contributed by atoms with Crippen LogP contribution in [0.4, 0.5) is 5.69 Å². The quantitative estimate of drug-likeness (QED) is 0.292. The van der Waals surface area contributed by atoms with Gasteiger partial charge in [-0.25, -0.2) is 9.97 Å². The number of methoxy groups -OCH3 is 1. The Morgan fingerprint density at radius 3 is 2.87 bits per heavy atom. The molecule has 2 aromatic heterocycles. The van der Waals surface area contributed by atoms with Crippen LogP contribution in [0.5, 0.6) is 11.5 Å². The molecule has 1 atom stereocenters. The molecular weight excluding hydrogens is 504 g/mol. The second-order valence-electron chi connectivity index (χ2n) is 9.38. The zero-order valence-corrected chi connectivity index (χ0v) is 22.4. The van der Waals surface area contributed by atoms with E-state index in [1.54, 1.807) is 20.4 Å². The molecule has 5 rings (SSSR count). The highest BCUT2D eigenvalue weighted by molar-refractivity contribution is 6.34. The predicted octanol–water partition coefficient (Wildman–Crippen LogP) is 4.41. The van der Waals surface area contributed by atoms with Gasteiger partial charge in [-0.15, -0.1) is 0 Å². The summed E-state index contributed by atoms with van der Waals surface area (Å²) in [6, 6.07) is 14.1. The van der Waals surface area contributed by atoms with Crippen molar-refractivity contribution in [3.05, 3.63) is 64.8 Å². The number of carbonyl (C=O) groups excluding carboxylic acids is 1. The van der Waals surface area contributed by atoms with Gasteiger partial charge in [0.15, 0.2) is 12.3 Å². The molecule has 38 heavy (non-hydrogen) atoms. The number of aromatic amines is 1. The zero-order valence-electron chi connectivity index (χ0n) is 21.7. The second kappa shape index (κ2) is 11.3. The molecule has 9 nitrogen and oxygen atoms in total. The van der Waals surface area contributed by atoms with Crippen molar-refractivity contribution in [2.75, 3.05) is 39.2 Å². The number of rotatable bonds is 9. The lowest BCUT2D eigenvalue weighted by molar-refractivity contribution is -0.122. The summed E-state index contributed by atoms with van der Waals surface area (Å²) < 4.78 is 11.1. The summed E-state index contributed by atoms with van der Waals surface area (Å²) in [7, 11) is 3.29. The number of fused-ring (bicyclic) bond motifs is 1. The first kappa shape index (κ1) is 25.8. The standard InChI is InChI=1S/C28H31ClN6O3/c1-17-12-18(8-9-22(17)38-16-24(36)30-2)27-33-26-25(21(29)13-31-28(26)34-27)32-20-10-11-35(15-20)14-19-6-4-5-7-23(19)37-3/h4-9,12-13,20H,10-11,14-16H2,1-3H3,(H,30,36)(H2,31,32,33,34). The maximum atomic E-state index is 11.5. The van der Waals surface area contributed by atoms with Crippen LogP contribution in [0.15, 0.2) is 48.7 Å². The third-order valence-corrected chi connectivity index (χ3v) is 7.05. The number of imidazole rings is 1. The summed E-state index contributed by atoms with van der Waals surface area (Å²) in [5.41, 5.74) is 5.14. The molecule has 1 fully saturated rings. The van der Waals surface area contributed by atoms with Crippen molar-refractivity contribution in [1.82, 2.24) is 25.2 Å². The second-order valence-corrected chi connectivity index (χ2v) is 9.79. The van der Waals surface area contributed by atoms with E-state index < -0.39 is 0 Å². The predicted molar refractivity (Wildman–Crippen MR) is 149 cm³/mol. The number of para-hydroxylation sites is 1. The van der Waals surface area contributed by atoms with Crippen LogP contribution in [0.25, 0.3) is 22.6 Å². The van der Waals surface area contributed by atoms with E-state index in [9.17, 15) is 4.79 Å². The van der Waals surface area contributed by atoms with Crippen molar-refractivity contribution in [3.8, 4) is 22.9 Å². The number of hydrogen-bond donors (Lipinski definition) is 3. The monoisotopic (exact) mass is 534 g/mol. The van der Waals surface area contributed by atoms with Crippen molar-refractivity contribution in [2.45, 2.75) is 25.9 Å². The molecular formula is C28H31ClN6O3. The van der Waals surface area contributed by atoms with Crippen LogP contribution in [0, 0.1) is 6.92 Å². The molecule has 4 aromatic rings. The van der Waals surface area contributed by atoms with Gasteiger partial charge in [0.05, 0.1) is 24.0 Å². The number of nitrogens with zero attached hydrogens (tertiary/aromatic N) is 3. The number of benzene rings is 2. The molecule has 1 saturated heterocycles. The molecule has 0 spiro atoms. The molecule has 1 amide bonds. The Bertz CT molecular complexity index is 1460. The van der Waals surface area contributed by atoms with E-state index >= 15 is 0 Å². The SMILES string of the molecule is CNC(=O)COc1ccc(-c2nc3ncc(Cl)c(NC4CCN(Cc5ccccc5OC)C4)c3[nH]2)cc1C. The van der Waals surface area contributed by atoms with E-state index in [2.05, 4.69) is 31.6 Å². The lowest BCUT2D eigenvalue weighted by Crippen LogP contribution is -2.26. The fourth-order valence-corrected chi connectivity index (χ4v) is 4.96. The van der Waals surface area contributed by atoms with Gasteiger partial charge in [-0.05, 0) is 43.2 Å². The average Bonchev–Trinajstić information content (AvgIpc) is 3.56. The number of halogens is 1. The van der Waals surface area contributed by atoms with E-state index in [0.29, 0.717) is 22.2 Å². The van der Waals surface area contributed by atoms with E-state index in [-0.39, 0.29) is 18.6 Å². The third-order valence-electron chi connectivity index (χ3n) is 6.77. The van der Waals surface area contributed by atoms with Gasteiger partial charge in [-0.1, -0.05) is 29.8 Å². The number of likely N-dealkylation sites (tertiary alicyclic amines) is 1. The minimum atomic E-state index is -0.182. The van der Waals surface area contributed by atoms with Gasteiger partial charge in [0.2, 0.25) is 0 Å². The summed E-state index contributed by atoms with van der Waals surface area (Å²) in [4.78, 5) is 26.5. The van der Waals surface area contributed by atoms with Gasteiger partial charge in [0.1, 0.15) is 22.8 Å². The summed E-state index contributed by atoms with van der Waals surface area (Å²) in [6.45, 7) is 4.60. The Balaban J connectivity index is 1.32. The van der Waals surface area contributed by atoms with Crippen LogP contribution < -0.4 is 20.1 Å². The van der Waals surface area contributed by atoms with Gasteiger partial charge in [-0.3, -0.25) is 9.69 Å². The molecule has 1 unspecified atom stereocenters. The van der Waals surface area contributed by atoms with Crippen molar-refractivity contribution >= 4 is 34.4 Å². The van der Waals surface area contributed by atoms with Gasteiger partial charge in [0, 0.05) is 43.9 Å². The number of likely N-dealkylation sites (N-methyl/N-ethyl adjacent to an activating group) is 1. The summed E-state index contributed by atoms with van der Waals surface area (Å²) in [5.74, 6) is 2.06. The Kier molecular flexibility index (Phi) is 7.67. The van der Waals surface area contributed by atoms with Crippen LogP contribution in [0.1, 0.15) is 17.5 Å². The van der Waals surface area contributed by atoms with E-state index in [1.807, 2.05) is 43.3 Å². The Hall–Kier alpha value is -3.82. The normalized spacial score (nSPS) is 15.5. The van der Waals surface area contributed by atoms with Crippen LogP contribution in [0.2, 0.25) is 5.02 Å². The number of aryl methyl sites for hydroxylation is 1. The van der Waals surface area contributed by atoms with Gasteiger partial charge in [-0.2, -0.15) is 0 Å². The van der Waals surface area contributed by atoms with Gasteiger partial charge >= 0.3 is 0 Å². The number of pyridine rings is 1. The molecule has 0 saturated carbocycles. The number of hydrogen-bond acceptors (Lipinski definition) is 7. The summed E-state index contributed by atoms with van der Waals surface area (Å²) >= 11 is 6.61. The highest BCUT2D eigenvalue weighted by atomic mass is 35.5. The molecule has 0 aliphatic carbocycles. The highest BCUT2D eigenvalue weighted by Crippen LogP contribution is 2.33. The average molecular weight is 535 g/mol. The van der Waals surface area contributed by atoms with Crippen molar-refractivity contribution in [1.29, 1.82) is 0 Å². The molecule has 0 radical (unpaired) electrons. The number of carbonyl (C=O) groups is 1. The number of H-pyrrole nitrogens is 1. The van der Waals surface area contributed by atoms with Crippen molar-refractivity contribution in [3.63, 3.8) is 0 Å². The number of nitrogens with one attached hydrogen (secondary N) is 3. The highest BCUT2D eigenvalue weighted by Gasteiger charge is 2.25. The molecule has 10 heteroatoms. The zero-order chi connectivity index (χ0) is 26.6. The number of anilines is 1. The Labute approximate surface area is 226 Å². The molecule has 1 aliphatic heterocycles. The largest absolute Gasteiger partial charge is 0.496 e. The molecule has 0 bridgehead atoms. The minimum Gasteiger partial charge on any atom is -0.496 e. The van der Waals surface area contributed by atoms with Crippen molar-refractivity contribution < 1.29 is 14.3 Å². The lowest BCUT2D eigenvalue weighted by atomic mass is 10.1. The van der Waals surface area contributed by atoms with Crippen LogP contribution >= 0.6 is 11.6 Å². The van der Waals surface area contributed by atoms with Crippen LogP contribution in [-0.4, -0.2) is 65.7 Å². The molecule has 3 heterocycles. The van der Waals surface area contributed by atoms with Crippen LogP contribution in [0.3, 0.4) is 0 Å². The Morgan fingerprint density at radius 2 is 2.08 bits per heavy atom. The summed E-state index contributed by atoms with van der Waals surface area (Å²) in [6.07, 6.45) is 2.63. The minimum absolute atomic E-state index is 0.0315. The first-order chi connectivity index (χ1) is 18.4. The number of amides is 1. The topological polar surface area (TPSA) is 104 Å². The van der Waals surface area contributed by atoms with E-state index in [0.717, 1.165) is 54.1 Å².